The Bertz CT molecular complexity index is 1200. The summed E-state index contributed by atoms with van der Waals surface area (Å²) in [6.07, 6.45) is 3.24. The Balaban J connectivity index is 1.51. The molecule has 5 nitrogen and oxygen atoms in total. The van der Waals surface area contributed by atoms with Gasteiger partial charge in [0.15, 0.2) is 5.82 Å². The first kappa shape index (κ1) is 19.2. The molecule has 2 aromatic carbocycles. The largest absolute Gasteiger partial charge is 0.367 e. The van der Waals surface area contributed by atoms with Gasteiger partial charge >= 0.3 is 0 Å². The van der Waals surface area contributed by atoms with Gasteiger partial charge in [-0.05, 0) is 36.1 Å². The Hall–Kier alpha value is -2.77. The summed E-state index contributed by atoms with van der Waals surface area (Å²) in [7, 11) is 0. The molecule has 5 rings (SSSR count). The second kappa shape index (κ2) is 7.18. The Kier molecular flexibility index (Phi) is 4.60. The van der Waals surface area contributed by atoms with Crippen LogP contribution in [0.15, 0.2) is 53.5 Å². The SMILES string of the molecule is O=c1c(Cl)c(N2CCOC3(CCc4ccccc43)C2)cnn1-c1ccc(F)cc1F. The molecule has 0 N–H and O–H groups in total. The van der Waals surface area contributed by atoms with Crippen LogP contribution in [0.4, 0.5) is 14.5 Å². The third-order valence-corrected chi connectivity index (χ3v) is 6.23. The summed E-state index contributed by atoms with van der Waals surface area (Å²) in [5.41, 5.74) is 1.65. The number of halogens is 3. The smallest absolute Gasteiger partial charge is 0.292 e. The summed E-state index contributed by atoms with van der Waals surface area (Å²) in [5.74, 6) is -1.62. The first-order chi connectivity index (χ1) is 14.5. The highest BCUT2D eigenvalue weighted by Gasteiger charge is 2.43. The number of hydrogen-bond acceptors (Lipinski definition) is 4. The molecule has 1 atom stereocenters. The van der Waals surface area contributed by atoms with Crippen LogP contribution in [0.1, 0.15) is 17.5 Å². The van der Waals surface area contributed by atoms with Crippen LogP contribution in [0.3, 0.4) is 0 Å². The molecule has 1 fully saturated rings. The van der Waals surface area contributed by atoms with Crippen LogP contribution >= 0.6 is 11.6 Å². The van der Waals surface area contributed by atoms with E-state index >= 15 is 0 Å². The van der Waals surface area contributed by atoms with Crippen molar-refractivity contribution in [3.05, 3.63) is 86.8 Å². The highest BCUT2D eigenvalue weighted by molar-refractivity contribution is 6.33. The molecule has 1 spiro atoms. The maximum Gasteiger partial charge on any atom is 0.292 e. The lowest BCUT2D eigenvalue weighted by Gasteiger charge is -2.42. The fraction of sp³-hybridized carbons (Fsp3) is 0.273. The number of aryl methyl sites for hydroxylation is 1. The number of rotatable bonds is 2. The molecule has 0 radical (unpaired) electrons. The molecule has 1 aliphatic carbocycles. The molecule has 1 unspecified atom stereocenters. The first-order valence-electron chi connectivity index (χ1n) is 9.69. The van der Waals surface area contributed by atoms with Crippen molar-refractivity contribution in [2.45, 2.75) is 18.4 Å². The predicted molar refractivity (Wildman–Crippen MR) is 109 cm³/mol. The van der Waals surface area contributed by atoms with E-state index in [4.69, 9.17) is 16.3 Å². The lowest BCUT2D eigenvalue weighted by Crippen LogP contribution is -2.49. The topological polar surface area (TPSA) is 47.4 Å². The van der Waals surface area contributed by atoms with E-state index in [9.17, 15) is 13.6 Å². The molecule has 1 aliphatic heterocycles. The Morgan fingerprint density at radius 1 is 1.13 bits per heavy atom. The minimum atomic E-state index is -0.888. The predicted octanol–water partition coefficient (Wildman–Crippen LogP) is 3.84. The van der Waals surface area contributed by atoms with Crippen molar-refractivity contribution in [3.8, 4) is 5.69 Å². The van der Waals surface area contributed by atoms with E-state index in [1.807, 2.05) is 17.0 Å². The van der Waals surface area contributed by atoms with Gasteiger partial charge in [0, 0.05) is 12.6 Å². The van der Waals surface area contributed by atoms with E-state index in [0.29, 0.717) is 31.5 Å². The zero-order chi connectivity index (χ0) is 20.9. The molecule has 2 heterocycles. The molecule has 1 saturated heterocycles. The van der Waals surface area contributed by atoms with Crippen molar-refractivity contribution in [3.63, 3.8) is 0 Å². The summed E-state index contributed by atoms with van der Waals surface area (Å²) in [6, 6.07) is 11.1. The number of ether oxygens (including phenoxy) is 1. The van der Waals surface area contributed by atoms with Crippen molar-refractivity contribution in [1.29, 1.82) is 0 Å². The van der Waals surface area contributed by atoms with Gasteiger partial charge in [-0.15, -0.1) is 0 Å². The minimum absolute atomic E-state index is 0.0583. The Morgan fingerprint density at radius 3 is 2.80 bits per heavy atom. The summed E-state index contributed by atoms with van der Waals surface area (Å²) >= 11 is 6.41. The standard InChI is InChI=1S/C22H18ClF2N3O2/c23-20-19(12-26-28(21(20)29)18-6-5-15(24)11-17(18)25)27-9-10-30-22(13-27)8-7-14-3-1-2-4-16(14)22/h1-6,11-12H,7-10,13H2. The highest BCUT2D eigenvalue weighted by Crippen LogP contribution is 2.43. The quantitative estimate of drug-likeness (QED) is 0.621. The average Bonchev–Trinajstić information content (AvgIpc) is 3.09. The van der Waals surface area contributed by atoms with Crippen LogP contribution in [0.2, 0.25) is 5.02 Å². The van der Waals surface area contributed by atoms with Crippen LogP contribution in [0, 0.1) is 11.6 Å². The van der Waals surface area contributed by atoms with Gasteiger partial charge < -0.3 is 9.64 Å². The molecule has 0 bridgehead atoms. The first-order valence-corrected chi connectivity index (χ1v) is 10.1. The van der Waals surface area contributed by atoms with Gasteiger partial charge in [-0.1, -0.05) is 35.9 Å². The summed E-state index contributed by atoms with van der Waals surface area (Å²) in [4.78, 5) is 14.8. The molecule has 0 saturated carbocycles. The number of anilines is 1. The van der Waals surface area contributed by atoms with E-state index in [0.717, 1.165) is 29.7 Å². The minimum Gasteiger partial charge on any atom is -0.367 e. The van der Waals surface area contributed by atoms with E-state index in [2.05, 4.69) is 17.2 Å². The third kappa shape index (κ3) is 3.00. The summed E-state index contributed by atoms with van der Waals surface area (Å²) < 4.78 is 34.4. The molecule has 3 aromatic rings. The van der Waals surface area contributed by atoms with Gasteiger partial charge in [-0.3, -0.25) is 4.79 Å². The normalized spacial score (nSPS) is 20.6. The van der Waals surface area contributed by atoms with E-state index in [1.165, 1.54) is 17.3 Å². The molecule has 0 amide bonds. The second-order valence-corrected chi connectivity index (χ2v) is 7.96. The van der Waals surface area contributed by atoms with Crippen molar-refractivity contribution in [2.75, 3.05) is 24.6 Å². The third-order valence-electron chi connectivity index (χ3n) is 5.87. The van der Waals surface area contributed by atoms with Crippen molar-refractivity contribution >= 4 is 17.3 Å². The lowest BCUT2D eigenvalue weighted by atomic mass is 9.93. The van der Waals surface area contributed by atoms with Crippen molar-refractivity contribution in [2.24, 2.45) is 0 Å². The fourth-order valence-electron chi connectivity index (χ4n) is 4.43. The van der Waals surface area contributed by atoms with Gasteiger partial charge in [-0.25, -0.2) is 8.78 Å². The zero-order valence-corrected chi connectivity index (χ0v) is 16.7. The number of nitrogens with zero attached hydrogens (tertiary/aromatic N) is 3. The lowest BCUT2D eigenvalue weighted by molar-refractivity contribution is -0.0592. The van der Waals surface area contributed by atoms with Crippen LogP contribution in [-0.4, -0.2) is 29.5 Å². The maximum atomic E-state index is 14.1. The number of aromatic nitrogens is 2. The average molecular weight is 430 g/mol. The molecule has 8 heteroatoms. The van der Waals surface area contributed by atoms with E-state index < -0.39 is 22.8 Å². The fourth-order valence-corrected chi connectivity index (χ4v) is 4.68. The number of fused-ring (bicyclic) bond motifs is 2. The van der Waals surface area contributed by atoms with Crippen LogP contribution in [-0.2, 0) is 16.8 Å². The molecule has 30 heavy (non-hydrogen) atoms. The number of morpholine rings is 1. The monoisotopic (exact) mass is 429 g/mol. The van der Waals surface area contributed by atoms with E-state index in [1.54, 1.807) is 0 Å². The van der Waals surface area contributed by atoms with Gasteiger partial charge in [0.1, 0.15) is 22.1 Å². The zero-order valence-electron chi connectivity index (χ0n) is 15.9. The van der Waals surface area contributed by atoms with E-state index in [-0.39, 0.29) is 10.7 Å². The van der Waals surface area contributed by atoms with Crippen LogP contribution in [0.5, 0.6) is 0 Å². The van der Waals surface area contributed by atoms with Gasteiger partial charge in [0.25, 0.3) is 5.56 Å². The van der Waals surface area contributed by atoms with Gasteiger partial charge in [-0.2, -0.15) is 9.78 Å². The second-order valence-electron chi connectivity index (χ2n) is 7.58. The van der Waals surface area contributed by atoms with Crippen LogP contribution < -0.4 is 10.5 Å². The maximum absolute atomic E-state index is 14.1. The molecule has 1 aromatic heterocycles. The summed E-state index contributed by atoms with van der Waals surface area (Å²) in [6.45, 7) is 1.58. The highest BCUT2D eigenvalue weighted by atomic mass is 35.5. The van der Waals surface area contributed by atoms with Gasteiger partial charge in [0.2, 0.25) is 0 Å². The number of benzene rings is 2. The number of hydrogen-bond donors (Lipinski definition) is 0. The molecule has 154 valence electrons. The van der Waals surface area contributed by atoms with Crippen molar-refractivity contribution < 1.29 is 13.5 Å². The van der Waals surface area contributed by atoms with Crippen molar-refractivity contribution in [1.82, 2.24) is 9.78 Å². The molecular formula is C22H18ClF2N3O2. The molecular weight excluding hydrogens is 412 g/mol. The Morgan fingerprint density at radius 2 is 1.97 bits per heavy atom. The van der Waals surface area contributed by atoms with Crippen LogP contribution in [0.25, 0.3) is 5.69 Å². The van der Waals surface area contributed by atoms with Gasteiger partial charge in [0.05, 0.1) is 25.0 Å². The Labute approximate surface area is 176 Å². The summed E-state index contributed by atoms with van der Waals surface area (Å²) in [5, 5.41) is 4.05. The molecule has 2 aliphatic rings.